The van der Waals surface area contributed by atoms with E-state index in [0.717, 1.165) is 6.54 Å². The zero-order chi connectivity index (χ0) is 11.9. The molecule has 1 unspecified atom stereocenters. The molecule has 0 aromatic rings. The second kappa shape index (κ2) is 6.63. The van der Waals surface area contributed by atoms with Crippen LogP contribution in [0, 0.1) is 0 Å². The molecule has 0 heterocycles. The molecule has 5 nitrogen and oxygen atoms in total. The maximum Gasteiger partial charge on any atom is 0.140 e. The first-order valence-electron chi connectivity index (χ1n) is 5.25. The Kier molecular flexibility index (Phi) is 6.27. The van der Waals surface area contributed by atoms with Gasteiger partial charge in [-0.2, -0.15) is 0 Å². The third kappa shape index (κ3) is 7.16. The molecule has 4 N–H and O–H groups in total. The van der Waals surface area contributed by atoms with Crippen LogP contribution in [0.25, 0.3) is 0 Å². The Balaban J connectivity index is 3.84. The number of oxime groups is 1. The molecule has 0 saturated heterocycles. The van der Waals surface area contributed by atoms with Gasteiger partial charge in [0.25, 0.3) is 0 Å². The molecule has 0 radical (unpaired) electrons. The molecule has 0 aromatic heterocycles. The highest BCUT2D eigenvalue weighted by Gasteiger charge is 2.18. The number of amidine groups is 1. The van der Waals surface area contributed by atoms with Gasteiger partial charge in [-0.15, -0.1) is 0 Å². The number of hydrogen-bond donors (Lipinski definition) is 3. The second-order valence-corrected chi connectivity index (χ2v) is 4.27. The van der Waals surface area contributed by atoms with Gasteiger partial charge in [-0.05, 0) is 27.7 Å². The van der Waals surface area contributed by atoms with Crippen LogP contribution in [0.1, 0.15) is 34.1 Å². The van der Waals surface area contributed by atoms with Crippen LogP contribution >= 0.6 is 0 Å². The van der Waals surface area contributed by atoms with Crippen LogP contribution in [-0.4, -0.2) is 35.8 Å². The molecule has 5 heteroatoms. The van der Waals surface area contributed by atoms with Crippen LogP contribution in [0.3, 0.4) is 0 Å². The van der Waals surface area contributed by atoms with Gasteiger partial charge in [0.2, 0.25) is 0 Å². The average molecular weight is 217 g/mol. The molecule has 0 rings (SSSR count). The van der Waals surface area contributed by atoms with E-state index in [2.05, 4.69) is 10.5 Å². The van der Waals surface area contributed by atoms with E-state index in [1.165, 1.54) is 0 Å². The third-order valence-electron chi connectivity index (χ3n) is 2.06. The molecule has 0 aliphatic heterocycles. The maximum atomic E-state index is 8.41. The zero-order valence-corrected chi connectivity index (χ0v) is 10.1. The molecule has 90 valence electrons. The van der Waals surface area contributed by atoms with Crippen molar-refractivity contribution < 1.29 is 9.94 Å². The van der Waals surface area contributed by atoms with Crippen molar-refractivity contribution in [2.75, 3.05) is 13.2 Å². The minimum atomic E-state index is -0.186. The number of nitrogens with two attached hydrogens (primary N) is 1. The summed E-state index contributed by atoms with van der Waals surface area (Å²) in [5.41, 5.74) is 5.21. The van der Waals surface area contributed by atoms with Crippen molar-refractivity contribution >= 4 is 5.84 Å². The molecule has 0 aliphatic rings. The van der Waals surface area contributed by atoms with Crippen LogP contribution < -0.4 is 11.1 Å². The van der Waals surface area contributed by atoms with Crippen molar-refractivity contribution in [3.63, 3.8) is 0 Å². The van der Waals surface area contributed by atoms with E-state index < -0.39 is 0 Å². The minimum Gasteiger partial charge on any atom is -0.409 e. The summed E-state index contributed by atoms with van der Waals surface area (Å²) in [5.74, 6) is 0.240. The van der Waals surface area contributed by atoms with E-state index >= 15 is 0 Å². The van der Waals surface area contributed by atoms with Gasteiger partial charge in [-0.3, -0.25) is 0 Å². The fourth-order valence-corrected chi connectivity index (χ4v) is 1.29. The Morgan fingerprint density at radius 2 is 2.20 bits per heavy atom. The van der Waals surface area contributed by atoms with Crippen molar-refractivity contribution in [3.8, 4) is 0 Å². The normalized spacial score (nSPS) is 15.3. The topological polar surface area (TPSA) is 79.9 Å². The lowest BCUT2D eigenvalue weighted by Gasteiger charge is -2.27. The summed E-state index contributed by atoms with van der Waals surface area (Å²) < 4.78 is 5.54. The molecular formula is C10H23N3O2. The molecule has 0 aromatic carbocycles. The molecule has 15 heavy (non-hydrogen) atoms. The highest BCUT2D eigenvalue weighted by Crippen LogP contribution is 2.07. The van der Waals surface area contributed by atoms with E-state index in [4.69, 9.17) is 15.7 Å². The van der Waals surface area contributed by atoms with Crippen LogP contribution in [0.5, 0.6) is 0 Å². The zero-order valence-electron chi connectivity index (χ0n) is 10.1. The molecule has 0 spiro atoms. The van der Waals surface area contributed by atoms with E-state index in [-0.39, 0.29) is 17.5 Å². The summed E-state index contributed by atoms with van der Waals surface area (Å²) in [6.45, 7) is 9.45. The maximum absolute atomic E-state index is 8.41. The number of hydrogen-bond acceptors (Lipinski definition) is 4. The average Bonchev–Trinajstić information content (AvgIpc) is 2.15. The standard InChI is InChI=1S/C10H23N3O2/c1-5-15-10(3,4)7-12-8(2)6-9(11)13-14/h8,12,14H,5-7H2,1-4H3,(H2,11,13). The van der Waals surface area contributed by atoms with Gasteiger partial charge in [-0.25, -0.2) is 0 Å². The lowest BCUT2D eigenvalue weighted by atomic mass is 10.1. The smallest absolute Gasteiger partial charge is 0.140 e. The fraction of sp³-hybridized carbons (Fsp3) is 0.900. The van der Waals surface area contributed by atoms with Crippen LogP contribution in [-0.2, 0) is 4.74 Å². The third-order valence-corrected chi connectivity index (χ3v) is 2.06. The molecule has 0 saturated carbocycles. The second-order valence-electron chi connectivity index (χ2n) is 4.27. The predicted octanol–water partition coefficient (Wildman–Crippen LogP) is 0.916. The first-order valence-corrected chi connectivity index (χ1v) is 5.25. The summed E-state index contributed by atoms with van der Waals surface area (Å²) in [4.78, 5) is 0. The summed E-state index contributed by atoms with van der Waals surface area (Å²) >= 11 is 0. The molecule has 1 atom stereocenters. The molecule has 0 aliphatic carbocycles. The van der Waals surface area contributed by atoms with Gasteiger partial charge in [0, 0.05) is 25.6 Å². The Morgan fingerprint density at radius 1 is 1.60 bits per heavy atom. The first kappa shape index (κ1) is 14.2. The van der Waals surface area contributed by atoms with Crippen molar-refractivity contribution in [2.45, 2.75) is 45.8 Å². The first-order chi connectivity index (χ1) is 6.91. The van der Waals surface area contributed by atoms with Gasteiger partial charge < -0.3 is 21.0 Å². The van der Waals surface area contributed by atoms with E-state index in [1.807, 2.05) is 27.7 Å². The van der Waals surface area contributed by atoms with E-state index in [0.29, 0.717) is 13.0 Å². The van der Waals surface area contributed by atoms with Gasteiger partial charge >= 0.3 is 0 Å². The quantitative estimate of drug-likeness (QED) is 0.256. The Bertz CT molecular complexity index is 205. The number of nitrogens with zero attached hydrogens (tertiary/aromatic N) is 1. The Labute approximate surface area is 91.7 Å². The van der Waals surface area contributed by atoms with Crippen molar-refractivity contribution in [3.05, 3.63) is 0 Å². The Hall–Kier alpha value is -0.810. The van der Waals surface area contributed by atoms with E-state index in [1.54, 1.807) is 0 Å². The van der Waals surface area contributed by atoms with Crippen LogP contribution in [0.15, 0.2) is 5.16 Å². The lowest BCUT2D eigenvalue weighted by molar-refractivity contribution is -0.0101. The Morgan fingerprint density at radius 3 is 2.67 bits per heavy atom. The molecule has 0 bridgehead atoms. The van der Waals surface area contributed by atoms with Gasteiger partial charge in [0.1, 0.15) is 5.84 Å². The van der Waals surface area contributed by atoms with Gasteiger partial charge in [0.05, 0.1) is 5.60 Å². The van der Waals surface area contributed by atoms with Gasteiger partial charge in [-0.1, -0.05) is 5.16 Å². The molecular weight excluding hydrogens is 194 g/mol. The van der Waals surface area contributed by atoms with Crippen LogP contribution in [0.2, 0.25) is 0 Å². The summed E-state index contributed by atoms with van der Waals surface area (Å²) in [6, 6.07) is 0.167. The largest absolute Gasteiger partial charge is 0.409 e. The molecule has 0 amide bonds. The van der Waals surface area contributed by atoms with Crippen LogP contribution in [0.4, 0.5) is 0 Å². The number of rotatable bonds is 7. The van der Waals surface area contributed by atoms with Crippen molar-refractivity contribution in [1.82, 2.24) is 5.32 Å². The van der Waals surface area contributed by atoms with Gasteiger partial charge in [0.15, 0.2) is 0 Å². The van der Waals surface area contributed by atoms with Crippen molar-refractivity contribution in [2.24, 2.45) is 10.9 Å². The lowest BCUT2D eigenvalue weighted by Crippen LogP contribution is -2.42. The monoisotopic (exact) mass is 217 g/mol. The minimum absolute atomic E-state index is 0.167. The number of nitrogens with one attached hydrogen (secondary N) is 1. The molecule has 0 fully saturated rings. The van der Waals surface area contributed by atoms with E-state index in [9.17, 15) is 0 Å². The summed E-state index contributed by atoms with van der Waals surface area (Å²) in [5, 5.41) is 14.6. The van der Waals surface area contributed by atoms with Crippen molar-refractivity contribution in [1.29, 1.82) is 0 Å². The highest BCUT2D eigenvalue weighted by molar-refractivity contribution is 5.80. The predicted molar refractivity (Wildman–Crippen MR) is 61.2 cm³/mol. The highest BCUT2D eigenvalue weighted by atomic mass is 16.5. The number of ether oxygens (including phenoxy) is 1. The summed E-state index contributed by atoms with van der Waals surface area (Å²) in [7, 11) is 0. The SMILES string of the molecule is CCOC(C)(C)CNC(C)CC(N)=NO. The fourth-order valence-electron chi connectivity index (χ4n) is 1.29. The summed E-state index contributed by atoms with van der Waals surface area (Å²) in [6.07, 6.45) is 0.526.